The lowest BCUT2D eigenvalue weighted by atomic mass is 9.98. The summed E-state index contributed by atoms with van der Waals surface area (Å²) in [5.41, 5.74) is 2.68. The number of nitrogens with zero attached hydrogens (tertiary/aromatic N) is 2. The van der Waals surface area contributed by atoms with E-state index < -0.39 is 0 Å². The highest BCUT2D eigenvalue weighted by molar-refractivity contribution is 5.79. The SMILES string of the molecule is Cc1c([C@@H](C)NC(=O)C2CCOCC2)cnn1-c1ccc(F)cc1. The van der Waals surface area contributed by atoms with Gasteiger partial charge < -0.3 is 10.1 Å². The van der Waals surface area contributed by atoms with Crippen LogP contribution in [0.3, 0.4) is 0 Å². The van der Waals surface area contributed by atoms with Gasteiger partial charge in [0.15, 0.2) is 0 Å². The molecule has 2 heterocycles. The number of halogens is 1. The zero-order valence-electron chi connectivity index (χ0n) is 14.0. The van der Waals surface area contributed by atoms with Crippen LogP contribution in [0.15, 0.2) is 30.5 Å². The summed E-state index contributed by atoms with van der Waals surface area (Å²) in [6, 6.07) is 6.06. The molecule has 1 aromatic heterocycles. The molecule has 0 unspecified atom stereocenters. The Labute approximate surface area is 140 Å². The van der Waals surface area contributed by atoms with Crippen molar-refractivity contribution in [1.29, 1.82) is 0 Å². The van der Waals surface area contributed by atoms with Gasteiger partial charge in [-0.1, -0.05) is 0 Å². The van der Waals surface area contributed by atoms with E-state index in [1.54, 1.807) is 23.0 Å². The van der Waals surface area contributed by atoms with Crippen LogP contribution in [-0.4, -0.2) is 28.9 Å². The summed E-state index contributed by atoms with van der Waals surface area (Å²) in [4.78, 5) is 12.4. The highest BCUT2D eigenvalue weighted by Crippen LogP contribution is 2.22. The van der Waals surface area contributed by atoms with Crippen molar-refractivity contribution in [3.05, 3.63) is 47.5 Å². The molecular formula is C18H22FN3O2. The lowest BCUT2D eigenvalue weighted by Gasteiger charge is -2.23. The van der Waals surface area contributed by atoms with Crippen LogP contribution in [-0.2, 0) is 9.53 Å². The Hall–Kier alpha value is -2.21. The van der Waals surface area contributed by atoms with Crippen LogP contribution < -0.4 is 5.32 Å². The van der Waals surface area contributed by atoms with Crippen LogP contribution in [0.4, 0.5) is 4.39 Å². The predicted molar refractivity (Wildman–Crippen MR) is 88.4 cm³/mol. The molecule has 0 spiro atoms. The average molecular weight is 331 g/mol. The molecule has 1 amide bonds. The molecule has 1 aromatic carbocycles. The minimum absolute atomic E-state index is 0.0219. The van der Waals surface area contributed by atoms with Gasteiger partial charge in [0.25, 0.3) is 0 Å². The molecule has 1 fully saturated rings. The molecule has 0 radical (unpaired) electrons. The van der Waals surface area contributed by atoms with Crippen LogP contribution >= 0.6 is 0 Å². The number of nitrogens with one attached hydrogen (secondary N) is 1. The van der Waals surface area contributed by atoms with Gasteiger partial charge in [0, 0.05) is 30.4 Å². The van der Waals surface area contributed by atoms with Crippen LogP contribution in [0.1, 0.15) is 37.1 Å². The van der Waals surface area contributed by atoms with Crippen molar-refractivity contribution < 1.29 is 13.9 Å². The van der Waals surface area contributed by atoms with Gasteiger partial charge in [-0.15, -0.1) is 0 Å². The number of benzene rings is 1. The van der Waals surface area contributed by atoms with E-state index in [0.717, 1.165) is 29.8 Å². The van der Waals surface area contributed by atoms with Crippen LogP contribution in [0.2, 0.25) is 0 Å². The van der Waals surface area contributed by atoms with Gasteiger partial charge in [-0.05, 0) is 51.0 Å². The topological polar surface area (TPSA) is 56.1 Å². The van der Waals surface area contributed by atoms with Crippen LogP contribution in [0, 0.1) is 18.7 Å². The summed E-state index contributed by atoms with van der Waals surface area (Å²) in [5.74, 6) is -0.186. The smallest absolute Gasteiger partial charge is 0.223 e. The molecule has 0 bridgehead atoms. The normalized spacial score (nSPS) is 16.8. The Bertz CT molecular complexity index is 706. The fourth-order valence-corrected chi connectivity index (χ4v) is 3.06. The first-order valence-corrected chi connectivity index (χ1v) is 8.25. The van der Waals surface area contributed by atoms with Crippen molar-refractivity contribution in [1.82, 2.24) is 15.1 Å². The second kappa shape index (κ2) is 7.13. The van der Waals surface area contributed by atoms with E-state index in [4.69, 9.17) is 4.74 Å². The maximum Gasteiger partial charge on any atom is 0.223 e. The lowest BCUT2D eigenvalue weighted by Crippen LogP contribution is -2.35. The summed E-state index contributed by atoms with van der Waals surface area (Å²) in [6.45, 7) is 5.20. The largest absolute Gasteiger partial charge is 0.381 e. The molecule has 0 saturated carbocycles. The van der Waals surface area contributed by atoms with Crippen molar-refractivity contribution in [3.63, 3.8) is 0 Å². The number of hydrogen-bond donors (Lipinski definition) is 1. The highest BCUT2D eigenvalue weighted by Gasteiger charge is 2.24. The zero-order valence-corrected chi connectivity index (χ0v) is 14.0. The minimum Gasteiger partial charge on any atom is -0.381 e. The number of amides is 1. The maximum atomic E-state index is 13.1. The van der Waals surface area contributed by atoms with E-state index in [1.807, 2.05) is 13.8 Å². The second-order valence-corrected chi connectivity index (χ2v) is 6.19. The number of rotatable bonds is 4. The summed E-state index contributed by atoms with van der Waals surface area (Å²) in [6.07, 6.45) is 3.30. The predicted octanol–water partition coefficient (Wildman–Crippen LogP) is 2.92. The average Bonchev–Trinajstić information content (AvgIpc) is 2.98. The minimum atomic E-state index is -0.277. The summed E-state index contributed by atoms with van der Waals surface area (Å²) >= 11 is 0. The second-order valence-electron chi connectivity index (χ2n) is 6.19. The summed E-state index contributed by atoms with van der Waals surface area (Å²) < 4.78 is 20.1. The Kier molecular flexibility index (Phi) is 4.94. The van der Waals surface area contributed by atoms with Gasteiger partial charge in [-0.25, -0.2) is 9.07 Å². The van der Waals surface area contributed by atoms with Gasteiger partial charge in [0.1, 0.15) is 5.82 Å². The number of carbonyl (C=O) groups is 1. The Morgan fingerprint density at radius 1 is 1.33 bits per heavy atom. The van der Waals surface area contributed by atoms with E-state index in [2.05, 4.69) is 10.4 Å². The first-order valence-electron chi connectivity index (χ1n) is 8.25. The third kappa shape index (κ3) is 3.48. The number of hydrogen-bond acceptors (Lipinski definition) is 3. The Morgan fingerprint density at radius 2 is 2.00 bits per heavy atom. The van der Waals surface area contributed by atoms with Crippen molar-refractivity contribution in [2.75, 3.05) is 13.2 Å². The molecular weight excluding hydrogens is 309 g/mol. The van der Waals surface area contributed by atoms with Crippen molar-refractivity contribution in [2.24, 2.45) is 5.92 Å². The first kappa shape index (κ1) is 16.6. The quantitative estimate of drug-likeness (QED) is 0.937. The van der Waals surface area contributed by atoms with E-state index in [9.17, 15) is 9.18 Å². The fourth-order valence-electron chi connectivity index (χ4n) is 3.06. The fraction of sp³-hybridized carbons (Fsp3) is 0.444. The molecule has 24 heavy (non-hydrogen) atoms. The molecule has 0 aliphatic carbocycles. The van der Waals surface area contributed by atoms with Gasteiger partial charge in [0.05, 0.1) is 17.9 Å². The standard InChI is InChI=1S/C18H22FN3O2/c1-12(21-18(23)14-7-9-24-10-8-14)17-11-20-22(13(17)2)16-5-3-15(19)4-6-16/h3-6,11-12,14H,7-10H2,1-2H3,(H,21,23)/t12-/m1/s1. The van der Waals surface area contributed by atoms with Crippen molar-refractivity contribution in [3.8, 4) is 5.69 Å². The van der Waals surface area contributed by atoms with Gasteiger partial charge in [-0.3, -0.25) is 4.79 Å². The molecule has 1 saturated heterocycles. The van der Waals surface area contributed by atoms with E-state index in [-0.39, 0.29) is 23.7 Å². The Morgan fingerprint density at radius 3 is 2.67 bits per heavy atom. The van der Waals surface area contributed by atoms with Crippen molar-refractivity contribution in [2.45, 2.75) is 32.7 Å². The monoisotopic (exact) mass is 331 g/mol. The third-order valence-corrected chi connectivity index (χ3v) is 4.54. The first-order chi connectivity index (χ1) is 11.6. The molecule has 6 heteroatoms. The lowest BCUT2D eigenvalue weighted by molar-refractivity contribution is -0.128. The van der Waals surface area contributed by atoms with E-state index in [1.165, 1.54) is 12.1 Å². The van der Waals surface area contributed by atoms with Crippen LogP contribution in [0.5, 0.6) is 0 Å². The number of carbonyl (C=O) groups excluding carboxylic acids is 1. The van der Waals surface area contributed by atoms with E-state index in [0.29, 0.717) is 13.2 Å². The molecule has 5 nitrogen and oxygen atoms in total. The van der Waals surface area contributed by atoms with Gasteiger partial charge in [-0.2, -0.15) is 5.10 Å². The summed E-state index contributed by atoms with van der Waals surface area (Å²) in [7, 11) is 0. The molecule has 128 valence electrons. The van der Waals surface area contributed by atoms with Crippen molar-refractivity contribution >= 4 is 5.91 Å². The molecule has 1 N–H and O–H groups in total. The van der Waals surface area contributed by atoms with Gasteiger partial charge in [0.2, 0.25) is 5.91 Å². The van der Waals surface area contributed by atoms with Crippen LogP contribution in [0.25, 0.3) is 5.69 Å². The molecule has 1 atom stereocenters. The highest BCUT2D eigenvalue weighted by atomic mass is 19.1. The number of ether oxygens (including phenoxy) is 1. The summed E-state index contributed by atoms with van der Waals surface area (Å²) in [5, 5.41) is 7.45. The van der Waals surface area contributed by atoms with E-state index >= 15 is 0 Å². The molecule has 1 aliphatic heterocycles. The maximum absolute atomic E-state index is 13.1. The third-order valence-electron chi connectivity index (χ3n) is 4.54. The Balaban J connectivity index is 1.72. The zero-order chi connectivity index (χ0) is 17.1. The number of aromatic nitrogens is 2. The molecule has 2 aromatic rings. The molecule has 3 rings (SSSR count). The van der Waals surface area contributed by atoms with Gasteiger partial charge >= 0.3 is 0 Å². The molecule has 1 aliphatic rings.